The molecule has 0 amide bonds. The molecule has 0 bridgehead atoms. The van der Waals surface area contributed by atoms with Crippen LogP contribution < -0.4 is 5.32 Å². The Hall–Kier alpha value is 0.190. The van der Waals surface area contributed by atoms with Gasteiger partial charge in [0.05, 0.1) is 13.2 Å². The summed E-state index contributed by atoms with van der Waals surface area (Å²) < 4.78 is 21.3. The van der Waals surface area contributed by atoms with E-state index >= 15 is 0 Å². The van der Waals surface area contributed by atoms with Crippen LogP contribution in [0.2, 0.25) is 0 Å². The van der Waals surface area contributed by atoms with Gasteiger partial charge in [-0.3, -0.25) is 9.11 Å². The normalized spacial score (nSPS) is 20.0. The van der Waals surface area contributed by atoms with Crippen LogP contribution >= 0.6 is 10.6 Å². The molecule has 0 spiro atoms. The molecule has 1 heterocycles. The Morgan fingerprint density at radius 1 is 1.18 bits per heavy atom. The second kappa shape index (κ2) is 5.79. The van der Waals surface area contributed by atoms with E-state index in [0.29, 0.717) is 0 Å². The number of ether oxygens (including phenoxy) is 1. The molecule has 0 aromatic carbocycles. The summed E-state index contributed by atoms with van der Waals surface area (Å²) in [4.78, 5) is 0. The van der Waals surface area contributed by atoms with Crippen molar-refractivity contribution in [1.29, 1.82) is 0 Å². The quantitative estimate of drug-likeness (QED) is 0.515. The molecule has 1 aliphatic heterocycles. The second-order valence-corrected chi connectivity index (χ2v) is 5.02. The Kier molecular flexibility index (Phi) is 5.89. The van der Waals surface area contributed by atoms with E-state index in [4.69, 9.17) is 13.8 Å². The van der Waals surface area contributed by atoms with Crippen LogP contribution in [0.1, 0.15) is 0 Å². The predicted octanol–water partition coefficient (Wildman–Crippen LogP) is 0.603. The Morgan fingerprint density at radius 3 is 1.64 bits per heavy atom. The number of morpholine rings is 1. The third-order valence-corrected chi connectivity index (χ3v) is 0.846. The SMILES string of the molecule is C1COCCN1.CS(C)(O)O. The van der Waals surface area contributed by atoms with Crippen molar-refractivity contribution < 1.29 is 13.8 Å². The molecule has 0 aromatic heterocycles. The molecule has 1 rings (SSSR count). The van der Waals surface area contributed by atoms with Gasteiger partial charge in [-0.1, -0.05) is 0 Å². The summed E-state index contributed by atoms with van der Waals surface area (Å²) in [5, 5.41) is 3.16. The van der Waals surface area contributed by atoms with Gasteiger partial charge in [-0.05, 0) is 0 Å². The molecule has 1 saturated heterocycles. The van der Waals surface area contributed by atoms with Crippen molar-refractivity contribution in [2.75, 3.05) is 38.8 Å². The standard InChI is InChI=1S/C4H9NO.C2H8O2S/c1-3-6-4-2-5-1;1-5(2,3)4/h5H,1-4H2;3-4H,1-2H3. The van der Waals surface area contributed by atoms with E-state index in [-0.39, 0.29) is 0 Å². The van der Waals surface area contributed by atoms with E-state index in [0.717, 1.165) is 26.3 Å². The van der Waals surface area contributed by atoms with Crippen molar-refractivity contribution in [2.45, 2.75) is 0 Å². The summed E-state index contributed by atoms with van der Waals surface area (Å²) in [6.45, 7) is 3.83. The van der Waals surface area contributed by atoms with E-state index in [2.05, 4.69) is 5.32 Å². The summed E-state index contributed by atoms with van der Waals surface area (Å²) >= 11 is 0. The zero-order valence-electron chi connectivity index (χ0n) is 7.04. The van der Waals surface area contributed by atoms with Crippen LogP contribution in [-0.4, -0.2) is 47.9 Å². The summed E-state index contributed by atoms with van der Waals surface area (Å²) in [7, 11) is -2.17. The highest BCUT2D eigenvalue weighted by atomic mass is 32.3. The van der Waals surface area contributed by atoms with Crippen LogP contribution in [0.15, 0.2) is 0 Å². The van der Waals surface area contributed by atoms with E-state index < -0.39 is 10.6 Å². The lowest BCUT2D eigenvalue weighted by molar-refractivity contribution is 0.109. The fourth-order valence-corrected chi connectivity index (χ4v) is 0.516. The number of rotatable bonds is 0. The maximum Gasteiger partial charge on any atom is 0.0591 e. The molecule has 0 unspecified atom stereocenters. The Labute approximate surface area is 69.3 Å². The maximum absolute atomic E-state index is 8.16. The molecular weight excluding hydrogens is 166 g/mol. The Balaban J connectivity index is 0.000000187. The van der Waals surface area contributed by atoms with E-state index in [1.807, 2.05) is 0 Å². The average molecular weight is 183 g/mol. The molecule has 4 nitrogen and oxygen atoms in total. The van der Waals surface area contributed by atoms with Gasteiger partial charge in [-0.25, -0.2) is 10.6 Å². The summed E-state index contributed by atoms with van der Waals surface area (Å²) in [6.07, 6.45) is 2.76. The summed E-state index contributed by atoms with van der Waals surface area (Å²) in [5.41, 5.74) is 0. The lowest BCUT2D eigenvalue weighted by Crippen LogP contribution is -2.30. The Morgan fingerprint density at radius 2 is 1.55 bits per heavy atom. The van der Waals surface area contributed by atoms with Gasteiger partial charge < -0.3 is 10.1 Å². The van der Waals surface area contributed by atoms with E-state index in [1.165, 1.54) is 12.5 Å². The van der Waals surface area contributed by atoms with Gasteiger partial charge in [0.2, 0.25) is 0 Å². The largest absolute Gasteiger partial charge is 0.379 e. The first kappa shape index (κ1) is 11.2. The first-order valence-electron chi connectivity index (χ1n) is 3.47. The van der Waals surface area contributed by atoms with Crippen molar-refractivity contribution in [3.63, 3.8) is 0 Å². The van der Waals surface area contributed by atoms with Crippen LogP contribution in [0.4, 0.5) is 0 Å². The molecule has 3 N–H and O–H groups in total. The maximum atomic E-state index is 8.16. The first-order valence-corrected chi connectivity index (χ1v) is 5.83. The summed E-state index contributed by atoms with van der Waals surface area (Å²) in [6, 6.07) is 0. The topological polar surface area (TPSA) is 61.7 Å². The molecule has 11 heavy (non-hydrogen) atoms. The smallest absolute Gasteiger partial charge is 0.0591 e. The molecule has 1 aliphatic rings. The van der Waals surface area contributed by atoms with Gasteiger partial charge in [0.1, 0.15) is 0 Å². The monoisotopic (exact) mass is 183 g/mol. The molecular formula is C6H17NO3S. The molecule has 0 radical (unpaired) electrons. The minimum Gasteiger partial charge on any atom is -0.379 e. The molecule has 0 aliphatic carbocycles. The summed E-state index contributed by atoms with van der Waals surface area (Å²) in [5.74, 6) is 0. The van der Waals surface area contributed by atoms with Crippen LogP contribution in [0.5, 0.6) is 0 Å². The lowest BCUT2D eigenvalue weighted by atomic mass is 10.5. The highest BCUT2D eigenvalue weighted by Crippen LogP contribution is 2.25. The van der Waals surface area contributed by atoms with Crippen molar-refractivity contribution in [1.82, 2.24) is 5.32 Å². The van der Waals surface area contributed by atoms with Crippen LogP contribution in [0.3, 0.4) is 0 Å². The van der Waals surface area contributed by atoms with Gasteiger partial charge in [-0.15, -0.1) is 0 Å². The van der Waals surface area contributed by atoms with Crippen LogP contribution in [-0.2, 0) is 4.74 Å². The van der Waals surface area contributed by atoms with Crippen LogP contribution in [0.25, 0.3) is 0 Å². The van der Waals surface area contributed by atoms with Gasteiger partial charge in [-0.2, -0.15) is 0 Å². The van der Waals surface area contributed by atoms with Crippen molar-refractivity contribution in [2.24, 2.45) is 0 Å². The average Bonchev–Trinajstić information content (AvgIpc) is 1.88. The molecule has 0 atom stereocenters. The van der Waals surface area contributed by atoms with Crippen LogP contribution in [0, 0.1) is 0 Å². The highest BCUT2D eigenvalue weighted by molar-refractivity contribution is 8.23. The number of nitrogens with one attached hydrogen (secondary N) is 1. The second-order valence-electron chi connectivity index (χ2n) is 2.58. The van der Waals surface area contributed by atoms with Gasteiger partial charge in [0, 0.05) is 25.6 Å². The van der Waals surface area contributed by atoms with Crippen molar-refractivity contribution in [3.05, 3.63) is 0 Å². The molecule has 0 aromatic rings. The van der Waals surface area contributed by atoms with E-state index in [1.54, 1.807) is 0 Å². The van der Waals surface area contributed by atoms with E-state index in [9.17, 15) is 0 Å². The molecule has 70 valence electrons. The fourth-order valence-electron chi connectivity index (χ4n) is 0.516. The lowest BCUT2D eigenvalue weighted by Gasteiger charge is -2.18. The zero-order chi connectivity index (χ0) is 8.74. The minimum absolute atomic E-state index is 0.889. The highest BCUT2D eigenvalue weighted by Gasteiger charge is 1.92. The number of hydrogen-bond donors (Lipinski definition) is 3. The molecule has 0 saturated carbocycles. The van der Waals surface area contributed by atoms with Gasteiger partial charge in [0.25, 0.3) is 0 Å². The fraction of sp³-hybridized carbons (Fsp3) is 1.00. The Bertz CT molecular complexity index is 72.8. The van der Waals surface area contributed by atoms with Gasteiger partial charge >= 0.3 is 0 Å². The first-order chi connectivity index (χ1) is 5.00. The van der Waals surface area contributed by atoms with Gasteiger partial charge in [0.15, 0.2) is 0 Å². The number of hydrogen-bond acceptors (Lipinski definition) is 4. The molecule has 1 fully saturated rings. The van der Waals surface area contributed by atoms with Crippen molar-refractivity contribution in [3.8, 4) is 0 Å². The predicted molar refractivity (Wildman–Crippen MR) is 48.4 cm³/mol. The minimum atomic E-state index is -2.17. The van der Waals surface area contributed by atoms with Crippen molar-refractivity contribution >= 4 is 10.6 Å². The molecule has 5 heteroatoms. The third-order valence-electron chi connectivity index (χ3n) is 0.846. The third kappa shape index (κ3) is 17.8. The zero-order valence-corrected chi connectivity index (χ0v) is 7.86.